The number of halogens is 1. The standard InChI is InChI=1S/C32H38ClN3O2S/c1-38-25-7-5-20(6-8-25)18-36-31(39)26-3-2-4-27(33)29(26)32(36)9-11-35(12-10-32)19-28(37)34-30-23-14-21-13-22(16-23)17-24(30)15-21/h2-8,21-24,30H,9-19H2,1H3,(H,34,37). The van der Waals surface area contributed by atoms with Crippen molar-refractivity contribution in [3.8, 4) is 5.75 Å². The molecule has 0 unspecified atom stereocenters. The fraction of sp³-hybridized carbons (Fsp3) is 0.562. The van der Waals surface area contributed by atoms with Gasteiger partial charge in [0.15, 0.2) is 0 Å². The van der Waals surface area contributed by atoms with E-state index in [9.17, 15) is 4.79 Å². The molecule has 8 rings (SSSR count). The molecule has 1 spiro atoms. The SMILES string of the molecule is COc1ccc(CN2C(=S)c3cccc(Cl)c3C23CCN(CC(=O)NC2C4CC5CC(C4)CC2C5)CC3)cc1. The molecule has 2 aromatic carbocycles. The third-order valence-corrected chi connectivity index (χ3v) is 11.3. The number of fused-ring (bicyclic) bond motifs is 2. The van der Waals surface area contributed by atoms with E-state index in [0.29, 0.717) is 24.4 Å². The van der Waals surface area contributed by atoms with Crippen molar-refractivity contribution in [3.05, 3.63) is 64.2 Å². The number of benzene rings is 2. The number of methoxy groups -OCH3 is 1. The highest BCUT2D eigenvalue weighted by atomic mass is 35.5. The van der Waals surface area contributed by atoms with Gasteiger partial charge in [0.2, 0.25) is 5.91 Å². The molecule has 206 valence electrons. The molecule has 2 aliphatic heterocycles. The van der Waals surface area contributed by atoms with Gasteiger partial charge in [-0.3, -0.25) is 9.69 Å². The van der Waals surface area contributed by atoms with Crippen LogP contribution in [0.15, 0.2) is 42.5 Å². The van der Waals surface area contributed by atoms with Crippen LogP contribution in [0, 0.1) is 23.7 Å². The van der Waals surface area contributed by atoms with Crippen molar-refractivity contribution in [2.45, 2.75) is 63.1 Å². The Labute approximate surface area is 242 Å². The fourth-order valence-corrected chi connectivity index (χ4v) is 9.74. The van der Waals surface area contributed by atoms with Gasteiger partial charge in [-0.05, 0) is 92.4 Å². The van der Waals surface area contributed by atoms with E-state index in [1.54, 1.807) is 7.11 Å². The maximum atomic E-state index is 13.3. The van der Waals surface area contributed by atoms with Crippen molar-refractivity contribution in [2.75, 3.05) is 26.7 Å². The van der Waals surface area contributed by atoms with E-state index in [4.69, 9.17) is 28.6 Å². The lowest BCUT2D eigenvalue weighted by Crippen LogP contribution is -2.58. The first-order valence-electron chi connectivity index (χ1n) is 14.7. The van der Waals surface area contributed by atoms with Gasteiger partial charge in [0.25, 0.3) is 0 Å². The number of hydrogen-bond donors (Lipinski definition) is 1. The molecule has 7 heteroatoms. The second-order valence-corrected chi connectivity index (χ2v) is 13.5. The average molecular weight is 564 g/mol. The first-order valence-corrected chi connectivity index (χ1v) is 15.5. The Kier molecular flexibility index (Phi) is 6.64. The monoisotopic (exact) mass is 563 g/mol. The fourth-order valence-electron chi connectivity index (χ4n) is 8.98. The van der Waals surface area contributed by atoms with Crippen molar-refractivity contribution >= 4 is 34.7 Å². The van der Waals surface area contributed by atoms with Gasteiger partial charge in [-0.1, -0.05) is 48.1 Å². The van der Waals surface area contributed by atoms with Crippen LogP contribution in [0.2, 0.25) is 5.02 Å². The van der Waals surface area contributed by atoms with Crippen molar-refractivity contribution in [1.82, 2.24) is 15.1 Å². The Morgan fingerprint density at radius 3 is 2.33 bits per heavy atom. The number of carbonyl (C=O) groups excluding carboxylic acids is 1. The maximum absolute atomic E-state index is 13.3. The lowest BCUT2D eigenvalue weighted by molar-refractivity contribution is -0.126. The summed E-state index contributed by atoms with van der Waals surface area (Å²) < 4.78 is 5.36. The van der Waals surface area contributed by atoms with Gasteiger partial charge in [0.05, 0.1) is 19.2 Å². The van der Waals surface area contributed by atoms with E-state index in [1.807, 2.05) is 24.3 Å². The summed E-state index contributed by atoms with van der Waals surface area (Å²) in [6.07, 6.45) is 8.54. The summed E-state index contributed by atoms with van der Waals surface area (Å²) in [6, 6.07) is 14.8. The Morgan fingerprint density at radius 2 is 1.69 bits per heavy atom. The van der Waals surface area contributed by atoms with Gasteiger partial charge < -0.3 is 15.0 Å². The van der Waals surface area contributed by atoms with Gasteiger partial charge in [0, 0.05) is 41.8 Å². The molecule has 5 fully saturated rings. The molecule has 0 aromatic heterocycles. The number of carbonyl (C=O) groups is 1. The minimum Gasteiger partial charge on any atom is -0.497 e. The zero-order valence-electron chi connectivity index (χ0n) is 22.7. The molecule has 1 N–H and O–H groups in total. The summed E-state index contributed by atoms with van der Waals surface area (Å²) >= 11 is 12.9. The number of likely N-dealkylation sites (tertiary alicyclic amines) is 1. The van der Waals surface area contributed by atoms with E-state index in [1.165, 1.54) is 43.2 Å². The smallest absolute Gasteiger partial charge is 0.234 e. The van der Waals surface area contributed by atoms with Gasteiger partial charge in [-0.25, -0.2) is 0 Å². The van der Waals surface area contributed by atoms with E-state index < -0.39 is 0 Å². The highest BCUT2D eigenvalue weighted by Crippen LogP contribution is 2.54. The Hall–Kier alpha value is -2.15. The summed E-state index contributed by atoms with van der Waals surface area (Å²) in [5, 5.41) is 4.30. The van der Waals surface area contributed by atoms with Crippen LogP contribution in [0.25, 0.3) is 0 Å². The summed E-state index contributed by atoms with van der Waals surface area (Å²) in [5.74, 6) is 4.32. The van der Waals surface area contributed by atoms with Crippen LogP contribution in [-0.2, 0) is 16.9 Å². The zero-order chi connectivity index (χ0) is 26.7. The highest BCUT2D eigenvalue weighted by molar-refractivity contribution is 7.80. The molecule has 1 amide bonds. The largest absolute Gasteiger partial charge is 0.497 e. The van der Waals surface area contributed by atoms with Gasteiger partial charge in [-0.15, -0.1) is 0 Å². The van der Waals surface area contributed by atoms with Crippen LogP contribution in [0.1, 0.15) is 61.6 Å². The number of nitrogens with one attached hydrogen (secondary N) is 1. The summed E-state index contributed by atoms with van der Waals surface area (Å²) in [5.41, 5.74) is 3.19. The minimum absolute atomic E-state index is 0.207. The van der Waals surface area contributed by atoms with Gasteiger partial charge in [-0.2, -0.15) is 0 Å². The molecule has 2 aromatic rings. The predicted octanol–water partition coefficient (Wildman–Crippen LogP) is 5.77. The summed E-state index contributed by atoms with van der Waals surface area (Å²) in [7, 11) is 1.69. The normalized spacial score (nSPS) is 30.6. The third-order valence-electron chi connectivity index (χ3n) is 10.6. The molecular weight excluding hydrogens is 526 g/mol. The number of piperidine rings is 1. The maximum Gasteiger partial charge on any atom is 0.234 e. The van der Waals surface area contributed by atoms with Crippen LogP contribution >= 0.6 is 23.8 Å². The Bertz CT molecular complexity index is 1240. The molecule has 2 heterocycles. The molecular formula is C32H38ClN3O2S. The summed E-state index contributed by atoms with van der Waals surface area (Å²) in [6.45, 7) is 2.90. The molecule has 4 aliphatic carbocycles. The Balaban J connectivity index is 1.05. The number of thiocarbonyl (C=S) groups is 1. The topological polar surface area (TPSA) is 44.8 Å². The number of ether oxygens (including phenoxy) is 1. The molecule has 0 atom stereocenters. The van der Waals surface area contributed by atoms with Gasteiger partial charge >= 0.3 is 0 Å². The molecule has 4 saturated carbocycles. The number of nitrogens with zero attached hydrogens (tertiary/aromatic N) is 2. The first-order chi connectivity index (χ1) is 18.9. The van der Waals surface area contributed by atoms with Crippen molar-refractivity contribution in [2.24, 2.45) is 23.7 Å². The number of amides is 1. The van der Waals surface area contributed by atoms with E-state index >= 15 is 0 Å². The van der Waals surface area contributed by atoms with Crippen LogP contribution in [0.5, 0.6) is 5.75 Å². The predicted molar refractivity (Wildman–Crippen MR) is 158 cm³/mol. The second kappa shape index (κ2) is 10.0. The van der Waals surface area contributed by atoms with Crippen molar-refractivity contribution < 1.29 is 9.53 Å². The van der Waals surface area contributed by atoms with Crippen molar-refractivity contribution in [3.63, 3.8) is 0 Å². The summed E-state index contributed by atoms with van der Waals surface area (Å²) in [4.78, 5) is 18.9. The molecule has 6 aliphatic rings. The van der Waals surface area contributed by atoms with E-state index in [0.717, 1.165) is 65.6 Å². The number of rotatable bonds is 6. The Morgan fingerprint density at radius 1 is 1.03 bits per heavy atom. The molecule has 0 radical (unpaired) electrons. The lowest BCUT2D eigenvalue weighted by Gasteiger charge is -2.54. The van der Waals surface area contributed by atoms with Crippen molar-refractivity contribution in [1.29, 1.82) is 0 Å². The van der Waals surface area contributed by atoms with Crippen LogP contribution in [0.3, 0.4) is 0 Å². The third kappa shape index (κ3) is 4.47. The van der Waals surface area contributed by atoms with Crippen LogP contribution in [0.4, 0.5) is 0 Å². The minimum atomic E-state index is -0.251. The first kappa shape index (κ1) is 25.8. The molecule has 39 heavy (non-hydrogen) atoms. The molecule has 1 saturated heterocycles. The zero-order valence-corrected chi connectivity index (χ0v) is 24.3. The second-order valence-electron chi connectivity index (χ2n) is 12.7. The van der Waals surface area contributed by atoms with E-state index in [-0.39, 0.29) is 11.4 Å². The highest BCUT2D eigenvalue weighted by Gasteiger charge is 2.51. The van der Waals surface area contributed by atoms with Gasteiger partial charge in [0.1, 0.15) is 10.7 Å². The number of hydrogen-bond acceptors (Lipinski definition) is 4. The van der Waals surface area contributed by atoms with Crippen LogP contribution < -0.4 is 10.1 Å². The van der Waals surface area contributed by atoms with E-state index in [2.05, 4.69) is 33.3 Å². The molecule has 5 nitrogen and oxygen atoms in total. The lowest BCUT2D eigenvalue weighted by atomic mass is 9.54. The quantitative estimate of drug-likeness (QED) is 0.452. The average Bonchev–Trinajstić information content (AvgIpc) is 3.15. The van der Waals surface area contributed by atoms with Crippen LogP contribution in [-0.4, -0.2) is 53.5 Å². The molecule has 4 bridgehead atoms.